The van der Waals surface area contributed by atoms with E-state index in [1.807, 2.05) is 0 Å². The van der Waals surface area contributed by atoms with Gasteiger partial charge in [-0.25, -0.2) is 4.39 Å². The van der Waals surface area contributed by atoms with Crippen LogP contribution in [0.25, 0.3) is 0 Å². The number of alkyl halides is 1. The Labute approximate surface area is 223 Å². The average Bonchev–Trinajstić information content (AvgIpc) is 3.35. The number of ether oxygens (including phenoxy) is 1. The molecule has 1 aromatic rings. The summed E-state index contributed by atoms with van der Waals surface area (Å²) in [7, 11) is 4.57. The minimum atomic E-state index is -2.70. The van der Waals surface area contributed by atoms with Crippen LogP contribution < -0.4 is 15.8 Å². The molecule has 1 aliphatic heterocycles. The third kappa shape index (κ3) is 3.69. The van der Waals surface area contributed by atoms with E-state index in [9.17, 15) is 39.2 Å². The lowest BCUT2D eigenvalue weighted by Crippen LogP contribution is -2.63. The van der Waals surface area contributed by atoms with Crippen molar-refractivity contribution in [1.29, 1.82) is 0 Å². The lowest BCUT2D eigenvalue weighted by molar-refractivity contribution is -0.148. The number of allylic oxidation sites excluding steroid dienone is 1. The van der Waals surface area contributed by atoms with Crippen LogP contribution in [0.5, 0.6) is 11.5 Å². The van der Waals surface area contributed by atoms with Crippen LogP contribution in [0, 0.1) is 11.8 Å². The molecule has 6 atom stereocenters. The molecule has 1 amide bonds. The van der Waals surface area contributed by atoms with Crippen molar-refractivity contribution in [2.24, 2.45) is 17.6 Å². The van der Waals surface area contributed by atoms with Gasteiger partial charge >= 0.3 is 0 Å². The molecule has 12 heteroatoms. The number of primary amides is 1. The van der Waals surface area contributed by atoms with Crippen molar-refractivity contribution >= 4 is 17.5 Å². The number of rotatable bonds is 5. The van der Waals surface area contributed by atoms with E-state index in [1.165, 1.54) is 18.1 Å². The van der Waals surface area contributed by atoms with Gasteiger partial charge in [0.05, 0.1) is 18.7 Å². The van der Waals surface area contributed by atoms with Gasteiger partial charge < -0.3 is 36.2 Å². The summed E-state index contributed by atoms with van der Waals surface area (Å²) in [5, 5.41) is 48.1. The number of carbonyl (C=O) groups excluding carboxylic acids is 3. The van der Waals surface area contributed by atoms with Crippen LogP contribution >= 0.6 is 0 Å². The second kappa shape index (κ2) is 9.32. The van der Waals surface area contributed by atoms with Gasteiger partial charge in [-0.1, -0.05) is 0 Å². The number of benzene rings is 1. The van der Waals surface area contributed by atoms with Crippen LogP contribution in [0.1, 0.15) is 46.8 Å². The van der Waals surface area contributed by atoms with Crippen molar-refractivity contribution in [3.8, 4) is 11.5 Å². The average molecular weight is 546 g/mol. The van der Waals surface area contributed by atoms with E-state index in [4.69, 9.17) is 10.5 Å². The Hall–Kier alpha value is -3.48. The number of nitrogens with two attached hydrogens (primary N) is 1. The standard InChI is InChI=1S/C27H32FN3O8/c1-31(2)20-14-7-10-6-13-18(16(32)8-12(23(13)39-3)15-5-4-11(9-28)30-15)21(33)17(10)24(35)27(14,38)25(36)19(22(20)34)26(29)37/h8,10-11,14-15,20,30,32,34-35,38H,4-7,9H2,1-3H3,(H2,29,37)/t10-,11-,14-,15?,20-,27-/m0/s1. The van der Waals surface area contributed by atoms with Gasteiger partial charge in [0.1, 0.15) is 35.3 Å². The number of ketones is 2. The summed E-state index contributed by atoms with van der Waals surface area (Å²) in [6, 6.07) is -0.333. The van der Waals surface area contributed by atoms with Gasteiger partial charge in [-0.3, -0.25) is 19.3 Å². The number of aliphatic hydroxyl groups excluding tert-OH is 2. The minimum Gasteiger partial charge on any atom is -0.510 e. The topological polar surface area (TPSA) is 183 Å². The van der Waals surface area contributed by atoms with Gasteiger partial charge in [-0.15, -0.1) is 0 Å². The fourth-order valence-electron chi connectivity index (χ4n) is 7.01. The van der Waals surface area contributed by atoms with Crippen molar-refractivity contribution < 1.29 is 43.9 Å². The predicted octanol–water partition coefficient (Wildman–Crippen LogP) is 0.892. The molecular formula is C27H32FN3O8. The van der Waals surface area contributed by atoms with Crippen LogP contribution in [0.2, 0.25) is 0 Å². The highest BCUT2D eigenvalue weighted by molar-refractivity contribution is 6.24. The van der Waals surface area contributed by atoms with Crippen LogP contribution in [-0.2, 0) is 16.0 Å². The predicted molar refractivity (Wildman–Crippen MR) is 135 cm³/mol. The van der Waals surface area contributed by atoms with Gasteiger partial charge in [0, 0.05) is 34.7 Å². The zero-order valence-electron chi connectivity index (χ0n) is 21.8. The van der Waals surface area contributed by atoms with Crippen LogP contribution in [-0.4, -0.2) is 88.4 Å². The van der Waals surface area contributed by atoms with Gasteiger partial charge in [0.2, 0.25) is 5.78 Å². The normalized spacial score (nSPS) is 32.3. The quantitative estimate of drug-likeness (QED) is 0.291. The molecule has 0 saturated carbocycles. The van der Waals surface area contributed by atoms with E-state index in [2.05, 4.69) is 5.32 Å². The molecule has 1 heterocycles. The van der Waals surface area contributed by atoms with E-state index in [0.717, 1.165) is 0 Å². The number of methoxy groups -OCH3 is 1. The molecule has 3 aliphatic carbocycles. The molecular weight excluding hydrogens is 513 g/mol. The number of aliphatic hydroxyl groups is 3. The first-order valence-electron chi connectivity index (χ1n) is 12.8. The number of amides is 1. The molecule has 1 saturated heterocycles. The molecule has 0 bridgehead atoms. The molecule has 4 aliphatic rings. The van der Waals surface area contributed by atoms with Gasteiger partial charge in [-0.2, -0.15) is 0 Å². The number of Topliss-reactive ketones (excluding diaryl/α,β-unsaturated/α-hetero) is 2. The second-order valence-electron chi connectivity index (χ2n) is 11.0. The lowest BCUT2D eigenvalue weighted by atomic mass is 9.58. The third-order valence-corrected chi connectivity index (χ3v) is 8.71. The first-order valence-corrected chi connectivity index (χ1v) is 12.8. The number of aromatic hydroxyl groups is 1. The van der Waals surface area contributed by atoms with Crippen molar-refractivity contribution in [3.05, 3.63) is 45.4 Å². The number of hydrogen-bond acceptors (Lipinski definition) is 10. The molecule has 11 nitrogen and oxygen atoms in total. The highest BCUT2D eigenvalue weighted by Crippen LogP contribution is 2.54. The number of nitrogens with zero attached hydrogens (tertiary/aromatic N) is 1. The van der Waals surface area contributed by atoms with E-state index >= 15 is 0 Å². The van der Waals surface area contributed by atoms with Crippen LogP contribution in [0.15, 0.2) is 28.7 Å². The number of carbonyl (C=O) groups is 3. The van der Waals surface area contributed by atoms with Crippen LogP contribution in [0.4, 0.5) is 4.39 Å². The minimum absolute atomic E-state index is 0.0223. The fraction of sp³-hybridized carbons (Fsp3) is 0.519. The highest BCUT2D eigenvalue weighted by atomic mass is 19.1. The van der Waals surface area contributed by atoms with E-state index < -0.39 is 64.7 Å². The number of fused-ring (bicyclic) bond motifs is 3. The second-order valence-corrected chi connectivity index (χ2v) is 11.0. The third-order valence-electron chi connectivity index (χ3n) is 8.71. The van der Waals surface area contributed by atoms with E-state index in [-0.39, 0.29) is 41.8 Å². The summed E-state index contributed by atoms with van der Waals surface area (Å²) >= 11 is 0. The molecule has 39 heavy (non-hydrogen) atoms. The number of phenols is 1. The number of halogens is 1. The number of phenolic OH excluding ortho intramolecular Hbond substituents is 1. The summed E-state index contributed by atoms with van der Waals surface area (Å²) in [5.41, 5.74) is 2.41. The van der Waals surface area contributed by atoms with Crippen molar-refractivity contribution in [2.75, 3.05) is 27.9 Å². The van der Waals surface area contributed by atoms with Crippen LogP contribution in [0.3, 0.4) is 0 Å². The first-order chi connectivity index (χ1) is 18.4. The first kappa shape index (κ1) is 27.1. The fourth-order valence-corrected chi connectivity index (χ4v) is 7.01. The smallest absolute Gasteiger partial charge is 0.255 e. The van der Waals surface area contributed by atoms with E-state index in [1.54, 1.807) is 14.1 Å². The number of hydrogen-bond donors (Lipinski definition) is 6. The number of likely N-dealkylation sites (N-methyl/N-ethyl adjacent to an activating group) is 1. The molecule has 5 rings (SSSR count). The van der Waals surface area contributed by atoms with Gasteiger partial charge in [0.25, 0.3) is 5.91 Å². The highest BCUT2D eigenvalue weighted by Gasteiger charge is 2.63. The molecule has 0 radical (unpaired) electrons. The molecule has 0 aromatic heterocycles. The summed E-state index contributed by atoms with van der Waals surface area (Å²) in [5.74, 6) is -6.75. The molecule has 1 fully saturated rings. The largest absolute Gasteiger partial charge is 0.510 e. The molecule has 0 spiro atoms. The summed E-state index contributed by atoms with van der Waals surface area (Å²) in [4.78, 5) is 40.8. The summed E-state index contributed by atoms with van der Waals surface area (Å²) < 4.78 is 19.0. The zero-order chi connectivity index (χ0) is 28.5. The van der Waals surface area contributed by atoms with Gasteiger partial charge in [-0.05, 0) is 51.8 Å². The number of nitrogens with one attached hydrogen (secondary N) is 1. The Morgan fingerprint density at radius 1 is 1.26 bits per heavy atom. The Balaban J connectivity index is 1.67. The maximum atomic E-state index is 13.8. The summed E-state index contributed by atoms with van der Waals surface area (Å²) in [6.45, 7) is -0.543. The maximum absolute atomic E-state index is 13.8. The summed E-state index contributed by atoms with van der Waals surface area (Å²) in [6.07, 6.45) is 1.28. The Morgan fingerprint density at radius 3 is 2.51 bits per heavy atom. The van der Waals surface area contributed by atoms with Crippen molar-refractivity contribution in [1.82, 2.24) is 10.2 Å². The Kier molecular flexibility index (Phi) is 6.47. The van der Waals surface area contributed by atoms with Crippen molar-refractivity contribution in [2.45, 2.75) is 49.4 Å². The van der Waals surface area contributed by atoms with Crippen molar-refractivity contribution in [3.63, 3.8) is 0 Å². The zero-order valence-corrected chi connectivity index (χ0v) is 21.8. The Morgan fingerprint density at radius 2 is 1.95 bits per heavy atom. The van der Waals surface area contributed by atoms with Gasteiger partial charge in [0.15, 0.2) is 11.4 Å². The molecule has 1 unspecified atom stereocenters. The molecule has 1 aromatic carbocycles. The SMILES string of the molecule is COc1c(C2CC[C@@H](CF)N2)cc(O)c2c1C[C@H]1C[C@H]3[C@H](N(C)C)C(O)=C(C(N)=O)C(=O)[C@@]3(O)C(O)=C1C2=O. The lowest BCUT2D eigenvalue weighted by Gasteiger charge is -2.50. The Bertz CT molecular complexity index is 1350. The monoisotopic (exact) mass is 545 g/mol. The van der Waals surface area contributed by atoms with E-state index in [0.29, 0.717) is 29.7 Å². The maximum Gasteiger partial charge on any atom is 0.255 e. The molecule has 7 N–H and O–H groups in total. The molecule has 210 valence electrons.